The first-order valence-electron chi connectivity index (χ1n) is 14.0. The third-order valence-corrected chi connectivity index (χ3v) is 9.17. The van der Waals surface area contributed by atoms with Gasteiger partial charge in [-0.1, -0.05) is 12.1 Å². The molecule has 3 heterocycles. The summed E-state index contributed by atoms with van der Waals surface area (Å²) in [5, 5.41) is 27.0. The summed E-state index contributed by atoms with van der Waals surface area (Å²) in [6, 6.07) is 4.60. The lowest BCUT2D eigenvalue weighted by Crippen LogP contribution is -2.70. The van der Waals surface area contributed by atoms with Gasteiger partial charge in [-0.2, -0.15) is 5.26 Å². The predicted molar refractivity (Wildman–Crippen MR) is 139 cm³/mol. The van der Waals surface area contributed by atoms with Gasteiger partial charge in [-0.15, -0.1) is 0 Å². The van der Waals surface area contributed by atoms with Crippen LogP contribution < -0.4 is 10.6 Å². The quantitative estimate of drug-likeness (QED) is 0.467. The van der Waals surface area contributed by atoms with Gasteiger partial charge in [0, 0.05) is 36.1 Å². The number of piperidine rings is 3. The molecule has 8 nitrogen and oxygen atoms in total. The van der Waals surface area contributed by atoms with Crippen LogP contribution in [-0.2, 0) is 20.0 Å². The summed E-state index contributed by atoms with van der Waals surface area (Å²) in [5.74, 6) is -9.48. The number of amides is 3. The van der Waals surface area contributed by atoms with E-state index in [-0.39, 0.29) is 47.4 Å². The van der Waals surface area contributed by atoms with Crippen LogP contribution in [0, 0.1) is 34.8 Å². The number of hydrogen-bond donors (Lipinski definition) is 3. The molecule has 5 atom stereocenters. The van der Waals surface area contributed by atoms with Crippen LogP contribution in [0.1, 0.15) is 49.7 Å². The molecule has 12 heteroatoms. The second-order valence-electron chi connectivity index (χ2n) is 11.6. The maximum atomic E-state index is 15.2. The van der Waals surface area contributed by atoms with E-state index in [1.807, 2.05) is 6.07 Å². The molecular formula is C30H28F4N4O4. The maximum Gasteiger partial charge on any atom is 0.264 e. The van der Waals surface area contributed by atoms with Crippen LogP contribution >= 0.6 is 0 Å². The summed E-state index contributed by atoms with van der Waals surface area (Å²) in [7, 11) is 0. The molecule has 3 N–H and O–H groups in total. The molecule has 42 heavy (non-hydrogen) atoms. The lowest BCUT2D eigenvalue weighted by molar-refractivity contribution is -0.201. The highest BCUT2D eigenvalue weighted by Gasteiger charge is 2.63. The number of nitrogens with zero attached hydrogens (tertiary/aromatic N) is 2. The molecule has 3 amide bonds. The first-order chi connectivity index (χ1) is 20.0. The average Bonchev–Trinajstić information content (AvgIpc) is 3.20. The minimum absolute atomic E-state index is 0.0392. The van der Waals surface area contributed by atoms with E-state index in [4.69, 9.17) is 0 Å². The zero-order valence-electron chi connectivity index (χ0n) is 22.4. The van der Waals surface area contributed by atoms with E-state index >= 15 is 8.78 Å². The molecule has 2 aromatic rings. The van der Waals surface area contributed by atoms with Gasteiger partial charge in [-0.05, 0) is 67.5 Å². The molecule has 4 fully saturated rings. The highest BCUT2D eigenvalue weighted by molar-refractivity contribution is 6.01. The summed E-state index contributed by atoms with van der Waals surface area (Å²) in [6.45, 7) is 0.499. The van der Waals surface area contributed by atoms with Gasteiger partial charge >= 0.3 is 0 Å². The largest absolute Gasteiger partial charge is 0.372 e. The number of rotatable bonds is 5. The van der Waals surface area contributed by atoms with Crippen LogP contribution in [0.2, 0.25) is 0 Å². The average molecular weight is 585 g/mol. The fourth-order valence-corrected chi connectivity index (χ4v) is 7.21. The number of hydrogen-bond acceptors (Lipinski definition) is 5. The molecule has 1 saturated carbocycles. The number of nitrogens with one attached hydrogen (secondary N) is 2. The molecule has 2 bridgehead atoms. The lowest BCUT2D eigenvalue weighted by Gasteiger charge is -2.54. The Bertz CT molecular complexity index is 1470. The van der Waals surface area contributed by atoms with E-state index in [9.17, 15) is 33.5 Å². The molecule has 0 radical (unpaired) electrons. The zero-order chi connectivity index (χ0) is 30.0. The number of benzene rings is 2. The molecule has 0 aromatic heterocycles. The van der Waals surface area contributed by atoms with Gasteiger partial charge in [-0.25, -0.2) is 17.6 Å². The second-order valence-corrected chi connectivity index (χ2v) is 11.6. The number of fused-ring (bicyclic) bond motifs is 6. The van der Waals surface area contributed by atoms with Crippen molar-refractivity contribution >= 4 is 17.7 Å². The SMILES string of the molecule is N#C[C@H](C[C@H]1CCCNC1=O)NC(=O)[C@H]1[C@H]2CC[C@H](CC2(F)F)N1C(=O)C1(O)c2cc(F)ccc2-c2ccc(F)cc21. The number of alkyl halides is 2. The number of carbonyl (C=O) groups is 3. The molecule has 2 aromatic carbocycles. The van der Waals surface area contributed by atoms with Crippen LogP contribution in [0.5, 0.6) is 0 Å². The van der Waals surface area contributed by atoms with E-state index < -0.39 is 71.4 Å². The number of carbonyl (C=O) groups excluding carboxylic acids is 3. The van der Waals surface area contributed by atoms with Crippen molar-refractivity contribution in [2.24, 2.45) is 11.8 Å². The Labute approximate surface area is 238 Å². The molecular weight excluding hydrogens is 556 g/mol. The molecule has 3 saturated heterocycles. The number of aliphatic hydroxyl groups is 1. The van der Waals surface area contributed by atoms with Gasteiger partial charge in [0.25, 0.3) is 11.8 Å². The van der Waals surface area contributed by atoms with Crippen molar-refractivity contribution in [2.75, 3.05) is 6.54 Å². The van der Waals surface area contributed by atoms with Crippen LogP contribution in [0.25, 0.3) is 11.1 Å². The van der Waals surface area contributed by atoms with Crippen molar-refractivity contribution in [3.63, 3.8) is 0 Å². The summed E-state index contributed by atoms with van der Waals surface area (Å²) < 4.78 is 59.4. The van der Waals surface area contributed by atoms with Gasteiger partial charge in [-0.3, -0.25) is 14.4 Å². The second kappa shape index (κ2) is 10.1. The fourth-order valence-electron chi connectivity index (χ4n) is 7.21. The van der Waals surface area contributed by atoms with Crippen molar-refractivity contribution in [3.8, 4) is 17.2 Å². The van der Waals surface area contributed by atoms with Crippen molar-refractivity contribution < 1.29 is 37.1 Å². The summed E-state index contributed by atoms with van der Waals surface area (Å²) in [4.78, 5) is 41.3. The normalized spacial score (nSPS) is 27.3. The van der Waals surface area contributed by atoms with Crippen LogP contribution in [0.4, 0.5) is 17.6 Å². The van der Waals surface area contributed by atoms with E-state index in [0.29, 0.717) is 19.4 Å². The molecule has 5 aliphatic rings. The van der Waals surface area contributed by atoms with Crippen molar-refractivity contribution in [2.45, 2.75) is 68.2 Å². The highest BCUT2D eigenvalue weighted by Crippen LogP contribution is 2.54. The Morgan fingerprint density at radius 2 is 1.74 bits per heavy atom. The van der Waals surface area contributed by atoms with E-state index in [1.165, 1.54) is 12.1 Å². The Balaban J connectivity index is 1.38. The Kier molecular flexibility index (Phi) is 6.76. The standard InChI is InChI=1S/C30H28F4N4O4/c31-16-3-6-20-21-7-4-17(32)12-24(21)30(42,23(20)11-16)28(41)38-19-5-8-22(29(33,34)13-19)25(38)27(40)37-18(14-35)10-15-2-1-9-36-26(15)39/h3-4,6-7,11-12,15,18-19,22,25,42H,1-2,5,8-10,13H2,(H,36,39)(H,37,40)/t15-,18+,19-,22-,25-/m1/s1. The molecule has 7 rings (SSSR count). The maximum absolute atomic E-state index is 15.2. The Hall–Kier alpha value is -3.98. The van der Waals surface area contributed by atoms with E-state index in [0.717, 1.165) is 29.2 Å². The van der Waals surface area contributed by atoms with Crippen molar-refractivity contribution in [3.05, 3.63) is 59.2 Å². The van der Waals surface area contributed by atoms with E-state index in [1.54, 1.807) is 0 Å². The minimum Gasteiger partial charge on any atom is -0.372 e. The van der Waals surface area contributed by atoms with Gasteiger partial charge in [0.1, 0.15) is 23.7 Å². The summed E-state index contributed by atoms with van der Waals surface area (Å²) in [5.41, 5.74) is -2.48. The summed E-state index contributed by atoms with van der Waals surface area (Å²) in [6.07, 6.45) is 0.432. The van der Waals surface area contributed by atoms with Crippen molar-refractivity contribution in [1.29, 1.82) is 5.26 Å². The van der Waals surface area contributed by atoms with Gasteiger partial charge in [0.2, 0.25) is 11.8 Å². The minimum atomic E-state index is -3.32. The first kappa shape index (κ1) is 28.2. The van der Waals surface area contributed by atoms with Crippen LogP contribution in [0.3, 0.4) is 0 Å². The molecule has 220 valence electrons. The summed E-state index contributed by atoms with van der Waals surface area (Å²) >= 11 is 0. The fraction of sp³-hybridized carbons (Fsp3) is 0.467. The Morgan fingerprint density at radius 1 is 1.10 bits per heavy atom. The third kappa shape index (κ3) is 4.33. The monoisotopic (exact) mass is 584 g/mol. The van der Waals surface area contributed by atoms with Crippen LogP contribution in [-0.4, -0.2) is 58.3 Å². The third-order valence-electron chi connectivity index (χ3n) is 9.17. The predicted octanol–water partition coefficient (Wildman–Crippen LogP) is 3.12. The molecule has 0 unspecified atom stereocenters. The molecule has 0 spiro atoms. The zero-order valence-corrected chi connectivity index (χ0v) is 22.4. The number of halogens is 4. The smallest absolute Gasteiger partial charge is 0.264 e. The topological polar surface area (TPSA) is 123 Å². The van der Waals surface area contributed by atoms with Gasteiger partial charge < -0.3 is 20.6 Å². The molecule has 3 aliphatic heterocycles. The lowest BCUT2D eigenvalue weighted by atomic mass is 9.70. The van der Waals surface area contributed by atoms with E-state index in [2.05, 4.69) is 10.6 Å². The Morgan fingerprint density at radius 3 is 2.31 bits per heavy atom. The molecule has 2 aliphatic carbocycles. The first-order valence-corrected chi connectivity index (χ1v) is 14.0. The van der Waals surface area contributed by atoms with Crippen LogP contribution in [0.15, 0.2) is 36.4 Å². The van der Waals surface area contributed by atoms with Crippen molar-refractivity contribution in [1.82, 2.24) is 15.5 Å². The highest BCUT2D eigenvalue weighted by atomic mass is 19.3. The number of nitriles is 1. The van der Waals surface area contributed by atoms with Gasteiger partial charge in [0.05, 0.1) is 12.0 Å². The van der Waals surface area contributed by atoms with Gasteiger partial charge in [0.15, 0.2) is 5.60 Å².